The Morgan fingerprint density at radius 3 is 2.68 bits per heavy atom. The van der Waals surface area contributed by atoms with Crippen molar-refractivity contribution in [3.8, 4) is 0 Å². The van der Waals surface area contributed by atoms with Gasteiger partial charge in [0.25, 0.3) is 0 Å². The van der Waals surface area contributed by atoms with Gasteiger partial charge in [-0.15, -0.1) is 0 Å². The molecule has 1 amide bonds. The van der Waals surface area contributed by atoms with Gasteiger partial charge in [0.15, 0.2) is 0 Å². The topological polar surface area (TPSA) is 78.4 Å². The maximum absolute atomic E-state index is 12.4. The Morgan fingerprint density at radius 2 is 2.14 bits per heavy atom. The molecule has 1 fully saturated rings. The quantitative estimate of drug-likeness (QED) is 0.826. The largest absolute Gasteiger partial charge is 0.396 e. The van der Waals surface area contributed by atoms with E-state index in [1.54, 1.807) is 18.6 Å². The molecule has 0 aromatic carbocycles. The van der Waals surface area contributed by atoms with E-state index in [1.807, 2.05) is 0 Å². The van der Waals surface area contributed by atoms with Crippen molar-refractivity contribution in [2.75, 3.05) is 24.6 Å². The highest BCUT2D eigenvalue weighted by Crippen LogP contribution is 2.21. The number of amides is 1. The Labute approximate surface area is 132 Å². The van der Waals surface area contributed by atoms with Crippen molar-refractivity contribution >= 4 is 11.7 Å². The summed E-state index contributed by atoms with van der Waals surface area (Å²) in [4.78, 5) is 23.0. The SMILES string of the molecule is CC(C)C(CCO)NC(=O)C1CCN(c2cnccn2)CC1. The van der Waals surface area contributed by atoms with E-state index in [2.05, 4.69) is 34.0 Å². The number of aromatic nitrogens is 2. The third kappa shape index (κ3) is 4.40. The fourth-order valence-corrected chi connectivity index (χ4v) is 2.84. The van der Waals surface area contributed by atoms with Crippen LogP contribution in [0.3, 0.4) is 0 Å². The lowest BCUT2D eigenvalue weighted by Crippen LogP contribution is -2.46. The van der Waals surface area contributed by atoms with E-state index in [0.717, 1.165) is 31.7 Å². The minimum absolute atomic E-state index is 0.0489. The van der Waals surface area contributed by atoms with Crippen LogP contribution < -0.4 is 10.2 Å². The van der Waals surface area contributed by atoms with Crippen molar-refractivity contribution in [1.82, 2.24) is 15.3 Å². The summed E-state index contributed by atoms with van der Waals surface area (Å²) < 4.78 is 0. The minimum atomic E-state index is 0.0489. The number of hydrogen-bond acceptors (Lipinski definition) is 5. The summed E-state index contributed by atoms with van der Waals surface area (Å²) in [7, 11) is 0. The summed E-state index contributed by atoms with van der Waals surface area (Å²) in [6.45, 7) is 5.88. The zero-order chi connectivity index (χ0) is 15.9. The van der Waals surface area contributed by atoms with Gasteiger partial charge in [-0.05, 0) is 25.2 Å². The van der Waals surface area contributed by atoms with Crippen molar-refractivity contribution in [2.45, 2.75) is 39.2 Å². The Balaban J connectivity index is 1.84. The second-order valence-electron chi connectivity index (χ2n) is 6.20. The molecule has 0 radical (unpaired) electrons. The highest BCUT2D eigenvalue weighted by molar-refractivity contribution is 5.79. The standard InChI is InChI=1S/C16H26N4O2/c1-12(2)14(5-10-21)19-16(22)13-3-8-20(9-4-13)15-11-17-6-7-18-15/h6-7,11-14,21H,3-5,8-10H2,1-2H3,(H,19,22). The fraction of sp³-hybridized carbons (Fsp3) is 0.688. The summed E-state index contributed by atoms with van der Waals surface area (Å²) in [6, 6.07) is 0.0514. The molecule has 0 aliphatic carbocycles. The monoisotopic (exact) mass is 306 g/mol. The lowest BCUT2D eigenvalue weighted by Gasteiger charge is -2.33. The summed E-state index contributed by atoms with van der Waals surface area (Å²) in [6.07, 6.45) is 7.38. The van der Waals surface area contributed by atoms with Crippen LogP contribution in [0.1, 0.15) is 33.1 Å². The molecule has 1 aliphatic heterocycles. The van der Waals surface area contributed by atoms with Gasteiger partial charge >= 0.3 is 0 Å². The third-order valence-corrected chi connectivity index (χ3v) is 4.31. The molecule has 122 valence electrons. The minimum Gasteiger partial charge on any atom is -0.396 e. The van der Waals surface area contributed by atoms with E-state index >= 15 is 0 Å². The Hall–Kier alpha value is -1.69. The number of hydrogen-bond donors (Lipinski definition) is 2. The van der Waals surface area contributed by atoms with Crippen molar-refractivity contribution in [2.24, 2.45) is 11.8 Å². The first kappa shape index (κ1) is 16.7. The molecule has 1 aromatic rings. The zero-order valence-corrected chi connectivity index (χ0v) is 13.4. The summed E-state index contributed by atoms with van der Waals surface area (Å²) in [5.74, 6) is 1.37. The van der Waals surface area contributed by atoms with Crippen LogP contribution in [0.15, 0.2) is 18.6 Å². The Kier molecular flexibility index (Phi) is 6.12. The van der Waals surface area contributed by atoms with E-state index in [1.165, 1.54) is 0 Å². The first-order valence-corrected chi connectivity index (χ1v) is 8.04. The molecule has 0 spiro atoms. The van der Waals surface area contributed by atoms with Crippen LogP contribution in [0.4, 0.5) is 5.82 Å². The molecule has 2 rings (SSSR count). The van der Waals surface area contributed by atoms with Crippen LogP contribution in [0.25, 0.3) is 0 Å². The molecule has 2 heterocycles. The van der Waals surface area contributed by atoms with Gasteiger partial charge in [-0.3, -0.25) is 9.78 Å². The predicted octanol–water partition coefficient (Wildman–Crippen LogP) is 1.22. The van der Waals surface area contributed by atoms with Crippen LogP contribution in [-0.2, 0) is 4.79 Å². The molecule has 1 aromatic heterocycles. The maximum Gasteiger partial charge on any atom is 0.223 e. The molecule has 1 aliphatic rings. The van der Waals surface area contributed by atoms with Crippen molar-refractivity contribution < 1.29 is 9.90 Å². The molecule has 6 nitrogen and oxygen atoms in total. The summed E-state index contributed by atoms with van der Waals surface area (Å²) in [5.41, 5.74) is 0. The van der Waals surface area contributed by atoms with E-state index < -0.39 is 0 Å². The van der Waals surface area contributed by atoms with Gasteiger partial charge in [-0.25, -0.2) is 4.98 Å². The van der Waals surface area contributed by atoms with Crippen molar-refractivity contribution in [3.63, 3.8) is 0 Å². The molecular formula is C16H26N4O2. The van der Waals surface area contributed by atoms with Gasteiger partial charge in [0.2, 0.25) is 5.91 Å². The number of aliphatic hydroxyl groups excluding tert-OH is 1. The number of piperidine rings is 1. The number of carbonyl (C=O) groups excluding carboxylic acids is 1. The van der Waals surface area contributed by atoms with Gasteiger partial charge in [0.05, 0.1) is 6.20 Å². The first-order chi connectivity index (χ1) is 10.6. The number of aliphatic hydroxyl groups is 1. The average Bonchev–Trinajstić information content (AvgIpc) is 2.55. The van der Waals surface area contributed by atoms with Crippen LogP contribution in [0, 0.1) is 11.8 Å². The van der Waals surface area contributed by atoms with Gasteiger partial charge in [0.1, 0.15) is 5.82 Å². The molecule has 6 heteroatoms. The van der Waals surface area contributed by atoms with Crippen LogP contribution >= 0.6 is 0 Å². The second kappa shape index (κ2) is 8.08. The van der Waals surface area contributed by atoms with Gasteiger partial charge < -0.3 is 15.3 Å². The highest BCUT2D eigenvalue weighted by Gasteiger charge is 2.27. The number of nitrogens with one attached hydrogen (secondary N) is 1. The predicted molar refractivity (Wildman–Crippen MR) is 85.4 cm³/mol. The maximum atomic E-state index is 12.4. The lowest BCUT2D eigenvalue weighted by atomic mass is 9.94. The lowest BCUT2D eigenvalue weighted by molar-refractivity contribution is -0.126. The number of carbonyl (C=O) groups is 1. The van der Waals surface area contributed by atoms with Gasteiger partial charge in [-0.1, -0.05) is 13.8 Å². The number of anilines is 1. The van der Waals surface area contributed by atoms with Gasteiger partial charge in [-0.2, -0.15) is 0 Å². The second-order valence-corrected chi connectivity index (χ2v) is 6.20. The Morgan fingerprint density at radius 1 is 1.41 bits per heavy atom. The molecule has 1 unspecified atom stereocenters. The molecule has 1 atom stereocenters. The van der Waals surface area contributed by atoms with E-state index in [-0.39, 0.29) is 24.5 Å². The molecular weight excluding hydrogens is 280 g/mol. The van der Waals surface area contributed by atoms with Crippen LogP contribution in [0.5, 0.6) is 0 Å². The van der Waals surface area contributed by atoms with Crippen molar-refractivity contribution in [1.29, 1.82) is 0 Å². The smallest absolute Gasteiger partial charge is 0.223 e. The fourth-order valence-electron chi connectivity index (χ4n) is 2.84. The molecule has 22 heavy (non-hydrogen) atoms. The normalized spacial score (nSPS) is 17.5. The first-order valence-electron chi connectivity index (χ1n) is 8.04. The van der Waals surface area contributed by atoms with Crippen LogP contribution in [-0.4, -0.2) is 46.7 Å². The van der Waals surface area contributed by atoms with Crippen molar-refractivity contribution in [3.05, 3.63) is 18.6 Å². The number of rotatable bonds is 6. The van der Waals surface area contributed by atoms with E-state index in [0.29, 0.717) is 12.3 Å². The summed E-state index contributed by atoms with van der Waals surface area (Å²) in [5, 5.41) is 12.2. The molecule has 0 saturated carbocycles. The summed E-state index contributed by atoms with van der Waals surface area (Å²) >= 11 is 0. The van der Waals surface area contributed by atoms with Gasteiger partial charge in [0, 0.05) is 44.0 Å². The van der Waals surface area contributed by atoms with E-state index in [4.69, 9.17) is 5.11 Å². The van der Waals surface area contributed by atoms with E-state index in [9.17, 15) is 4.79 Å². The number of nitrogens with zero attached hydrogens (tertiary/aromatic N) is 3. The Bertz CT molecular complexity index is 458. The highest BCUT2D eigenvalue weighted by atomic mass is 16.3. The molecule has 1 saturated heterocycles. The third-order valence-electron chi connectivity index (χ3n) is 4.31. The van der Waals surface area contributed by atoms with Crippen LogP contribution in [0.2, 0.25) is 0 Å². The zero-order valence-electron chi connectivity index (χ0n) is 13.4. The molecule has 2 N–H and O–H groups in total. The average molecular weight is 306 g/mol. The molecule has 0 bridgehead atoms.